The minimum atomic E-state index is -0.488. The lowest BCUT2D eigenvalue weighted by Gasteiger charge is -1.95. The molecule has 0 amide bonds. The fraction of sp³-hybridized carbons (Fsp3) is 0.500. The monoisotopic (exact) mass is 184 g/mol. The Morgan fingerprint density at radius 2 is 2.54 bits per heavy atom. The van der Waals surface area contributed by atoms with Crippen molar-refractivity contribution in [2.45, 2.75) is 13.3 Å². The highest BCUT2D eigenvalue weighted by Gasteiger charge is 2.12. The molecule has 0 fully saturated rings. The molecule has 0 spiro atoms. The molecule has 0 atom stereocenters. The van der Waals surface area contributed by atoms with Crippen LogP contribution < -0.4 is 5.73 Å². The molecule has 0 aromatic carbocycles. The van der Waals surface area contributed by atoms with Gasteiger partial charge in [0.2, 0.25) is 5.76 Å². The van der Waals surface area contributed by atoms with Gasteiger partial charge in [-0.25, -0.2) is 9.78 Å². The van der Waals surface area contributed by atoms with Gasteiger partial charge in [0.05, 0.1) is 12.8 Å². The number of carbonyl (C=O) groups excluding carboxylic acids is 1. The van der Waals surface area contributed by atoms with Gasteiger partial charge in [-0.15, -0.1) is 0 Å². The van der Waals surface area contributed by atoms with Crippen LogP contribution in [-0.2, 0) is 11.2 Å². The Bertz CT molecular complexity index is 283. The predicted octanol–water partition coefficient (Wildman–Crippen LogP) is 0.353. The minimum absolute atomic E-state index is 0.130. The molecule has 13 heavy (non-hydrogen) atoms. The molecule has 1 aromatic heterocycles. The summed E-state index contributed by atoms with van der Waals surface area (Å²) < 4.78 is 9.79. The Hall–Kier alpha value is -1.36. The summed E-state index contributed by atoms with van der Waals surface area (Å²) >= 11 is 0. The summed E-state index contributed by atoms with van der Waals surface area (Å²) in [4.78, 5) is 14.9. The zero-order valence-electron chi connectivity index (χ0n) is 7.45. The summed E-state index contributed by atoms with van der Waals surface area (Å²) in [6.07, 6.45) is 1.88. The van der Waals surface area contributed by atoms with Gasteiger partial charge >= 0.3 is 5.97 Å². The highest BCUT2D eigenvalue weighted by molar-refractivity contribution is 5.85. The van der Waals surface area contributed by atoms with Crippen LogP contribution in [0.25, 0.3) is 0 Å². The second-order valence-electron chi connectivity index (χ2n) is 2.38. The quantitative estimate of drug-likeness (QED) is 0.683. The van der Waals surface area contributed by atoms with Crippen molar-refractivity contribution in [1.82, 2.24) is 4.98 Å². The van der Waals surface area contributed by atoms with E-state index in [9.17, 15) is 4.79 Å². The van der Waals surface area contributed by atoms with Crippen molar-refractivity contribution in [2.24, 2.45) is 5.73 Å². The smallest absolute Gasteiger partial charge is 0.375 e. The first-order chi connectivity index (χ1) is 6.27. The Kier molecular flexibility index (Phi) is 3.45. The van der Waals surface area contributed by atoms with Crippen molar-refractivity contribution in [3.05, 3.63) is 17.8 Å². The maximum absolute atomic E-state index is 11.1. The van der Waals surface area contributed by atoms with E-state index in [1.54, 1.807) is 6.92 Å². The van der Waals surface area contributed by atoms with E-state index >= 15 is 0 Å². The number of hydrogen-bond acceptors (Lipinski definition) is 5. The number of hydrogen-bond donors (Lipinski definition) is 1. The molecule has 0 saturated heterocycles. The lowest BCUT2D eigenvalue weighted by Crippen LogP contribution is -2.03. The molecular weight excluding hydrogens is 172 g/mol. The number of oxazole rings is 1. The summed E-state index contributed by atoms with van der Waals surface area (Å²) in [6.45, 7) is 2.50. The van der Waals surface area contributed by atoms with Gasteiger partial charge in [0, 0.05) is 13.0 Å². The molecule has 1 aromatic rings. The number of nitrogens with two attached hydrogens (primary N) is 1. The molecule has 2 N–H and O–H groups in total. The maximum atomic E-state index is 11.1. The fourth-order valence-electron chi connectivity index (χ4n) is 0.846. The number of carbonyl (C=O) groups is 1. The minimum Gasteiger partial charge on any atom is -0.460 e. The van der Waals surface area contributed by atoms with Gasteiger partial charge in [0.25, 0.3) is 0 Å². The van der Waals surface area contributed by atoms with Crippen LogP contribution in [0, 0.1) is 0 Å². The normalized spacial score (nSPS) is 10.0. The van der Waals surface area contributed by atoms with Crippen molar-refractivity contribution in [3.63, 3.8) is 0 Å². The number of esters is 1. The van der Waals surface area contributed by atoms with Crippen LogP contribution >= 0.6 is 0 Å². The summed E-state index contributed by atoms with van der Waals surface area (Å²) in [7, 11) is 0. The summed E-state index contributed by atoms with van der Waals surface area (Å²) in [5.74, 6) is 0.106. The Morgan fingerprint density at radius 3 is 3.15 bits per heavy atom. The van der Waals surface area contributed by atoms with Crippen LogP contribution in [-0.4, -0.2) is 24.1 Å². The van der Waals surface area contributed by atoms with Crippen molar-refractivity contribution in [1.29, 1.82) is 0 Å². The first-order valence-electron chi connectivity index (χ1n) is 4.09. The van der Waals surface area contributed by atoms with Gasteiger partial charge in [-0.1, -0.05) is 0 Å². The molecule has 72 valence electrons. The molecule has 0 aliphatic rings. The Balaban J connectivity index is 2.62. The second kappa shape index (κ2) is 4.61. The van der Waals surface area contributed by atoms with Crippen LogP contribution in [0.3, 0.4) is 0 Å². The molecule has 0 bridgehead atoms. The van der Waals surface area contributed by atoms with Gasteiger partial charge in [-0.2, -0.15) is 0 Å². The summed E-state index contributed by atoms with van der Waals surface area (Å²) in [5.41, 5.74) is 5.29. The average Bonchev–Trinajstić information content (AvgIpc) is 2.54. The number of rotatable bonds is 4. The van der Waals surface area contributed by atoms with E-state index in [4.69, 9.17) is 14.9 Å². The lowest BCUT2D eigenvalue weighted by atomic mass is 10.4. The van der Waals surface area contributed by atoms with E-state index in [1.165, 1.54) is 6.20 Å². The standard InChI is InChI=1S/C8H12N2O3/c1-2-12-8(11)6-5-10-7(13-6)3-4-9/h5H,2-4,9H2,1H3. The van der Waals surface area contributed by atoms with E-state index in [0.29, 0.717) is 25.5 Å². The number of nitrogens with zero attached hydrogens (tertiary/aromatic N) is 1. The third-order valence-electron chi connectivity index (χ3n) is 1.39. The molecule has 0 radical (unpaired) electrons. The van der Waals surface area contributed by atoms with Crippen LogP contribution in [0.15, 0.2) is 10.6 Å². The highest BCUT2D eigenvalue weighted by Crippen LogP contribution is 2.05. The fourth-order valence-corrected chi connectivity index (χ4v) is 0.846. The van der Waals surface area contributed by atoms with Crippen molar-refractivity contribution >= 4 is 5.97 Å². The second-order valence-corrected chi connectivity index (χ2v) is 2.38. The van der Waals surface area contributed by atoms with Crippen molar-refractivity contribution in [3.8, 4) is 0 Å². The van der Waals surface area contributed by atoms with E-state index < -0.39 is 5.97 Å². The SMILES string of the molecule is CCOC(=O)c1cnc(CCN)o1. The van der Waals surface area contributed by atoms with Crippen molar-refractivity contribution < 1.29 is 13.9 Å². The Labute approximate surface area is 75.9 Å². The van der Waals surface area contributed by atoms with Gasteiger partial charge in [-0.3, -0.25) is 0 Å². The molecule has 1 rings (SSSR count). The number of ether oxygens (including phenoxy) is 1. The molecular formula is C8H12N2O3. The van der Waals surface area contributed by atoms with E-state index in [1.807, 2.05) is 0 Å². The first kappa shape index (κ1) is 9.73. The van der Waals surface area contributed by atoms with Gasteiger partial charge in [0.15, 0.2) is 5.89 Å². The molecule has 0 aliphatic carbocycles. The molecule has 0 unspecified atom stereocenters. The highest BCUT2D eigenvalue weighted by atomic mass is 16.5. The van der Waals surface area contributed by atoms with Crippen LogP contribution in [0.2, 0.25) is 0 Å². The molecule has 1 heterocycles. The molecule has 5 nitrogen and oxygen atoms in total. The zero-order chi connectivity index (χ0) is 9.68. The van der Waals surface area contributed by atoms with Gasteiger partial charge in [-0.05, 0) is 6.92 Å². The zero-order valence-corrected chi connectivity index (χ0v) is 7.45. The van der Waals surface area contributed by atoms with Crippen LogP contribution in [0.5, 0.6) is 0 Å². The molecule has 5 heteroatoms. The van der Waals surface area contributed by atoms with E-state index in [2.05, 4.69) is 4.98 Å². The topological polar surface area (TPSA) is 78.3 Å². The average molecular weight is 184 g/mol. The van der Waals surface area contributed by atoms with E-state index in [0.717, 1.165) is 0 Å². The predicted molar refractivity (Wildman–Crippen MR) is 45.2 cm³/mol. The third kappa shape index (κ3) is 2.55. The van der Waals surface area contributed by atoms with Gasteiger partial charge < -0.3 is 14.9 Å². The van der Waals surface area contributed by atoms with Crippen LogP contribution in [0.4, 0.5) is 0 Å². The molecule has 0 saturated carbocycles. The maximum Gasteiger partial charge on any atom is 0.375 e. The molecule has 0 aliphatic heterocycles. The van der Waals surface area contributed by atoms with Crippen molar-refractivity contribution in [2.75, 3.05) is 13.2 Å². The van der Waals surface area contributed by atoms with E-state index in [-0.39, 0.29) is 5.76 Å². The summed E-state index contributed by atoms with van der Waals surface area (Å²) in [5, 5.41) is 0. The Morgan fingerprint density at radius 1 is 1.77 bits per heavy atom. The van der Waals surface area contributed by atoms with Gasteiger partial charge in [0.1, 0.15) is 0 Å². The van der Waals surface area contributed by atoms with Crippen LogP contribution in [0.1, 0.15) is 23.4 Å². The number of aromatic nitrogens is 1. The lowest BCUT2D eigenvalue weighted by molar-refractivity contribution is 0.0488. The summed E-state index contributed by atoms with van der Waals surface area (Å²) in [6, 6.07) is 0. The largest absolute Gasteiger partial charge is 0.460 e. The third-order valence-corrected chi connectivity index (χ3v) is 1.39. The first-order valence-corrected chi connectivity index (χ1v) is 4.09.